The lowest BCUT2D eigenvalue weighted by Crippen LogP contribution is -1.86. The number of hydrogen-bond acceptors (Lipinski definition) is 2. The van der Waals surface area contributed by atoms with Gasteiger partial charge < -0.3 is 4.42 Å². The molecule has 0 atom stereocenters. The highest BCUT2D eigenvalue weighted by atomic mass is 16.3. The molecule has 0 fully saturated rings. The van der Waals surface area contributed by atoms with E-state index >= 15 is 0 Å². The molecule has 0 unspecified atom stereocenters. The van der Waals surface area contributed by atoms with Gasteiger partial charge >= 0.3 is 0 Å². The summed E-state index contributed by atoms with van der Waals surface area (Å²) in [6.45, 7) is 2.28. The monoisotopic (exact) mass is 329 g/mol. The van der Waals surface area contributed by atoms with E-state index in [0.29, 0.717) is 0 Å². The molecule has 0 N–H and O–H groups in total. The Morgan fingerprint density at radius 2 is 1.25 bits per heavy atom. The molecule has 0 saturated heterocycles. The van der Waals surface area contributed by atoms with E-state index in [1.54, 1.807) is 0 Å². The van der Waals surface area contributed by atoms with Crippen LogP contribution in [0.5, 0.6) is 0 Å². The molecule has 134 valence electrons. The minimum absolute atomic E-state index is 0.902. The molecular weight excluding hydrogens is 294 g/mol. The Morgan fingerprint density at radius 3 is 1.83 bits per heavy atom. The third-order valence-corrected chi connectivity index (χ3v) is 4.83. The predicted octanol–water partition coefficient (Wildman–Crippen LogP) is 7.46. The highest BCUT2D eigenvalue weighted by Gasteiger charge is 2.04. The van der Waals surface area contributed by atoms with Gasteiger partial charge in [-0.2, -0.15) is 0 Å². The average molecular weight is 330 g/mol. The van der Waals surface area contributed by atoms with Gasteiger partial charge in [0, 0.05) is 6.42 Å². The first-order valence-electron chi connectivity index (χ1n) is 10.2. The standard InChI is InChI=1S/C22H35NO/c1-2-3-4-5-6-7-8-9-10-11-12-13-14-19-22-23-20-17-15-16-18-21(20)24-22/h15-18H,2-14,19H2,1H3. The molecule has 2 aromatic rings. The molecule has 0 radical (unpaired) electrons. The van der Waals surface area contributed by atoms with E-state index in [1.807, 2.05) is 24.3 Å². The fourth-order valence-corrected chi connectivity index (χ4v) is 3.32. The minimum atomic E-state index is 0.902. The summed E-state index contributed by atoms with van der Waals surface area (Å²) in [4.78, 5) is 4.54. The largest absolute Gasteiger partial charge is 0.441 e. The van der Waals surface area contributed by atoms with Crippen LogP contribution < -0.4 is 0 Å². The van der Waals surface area contributed by atoms with E-state index in [4.69, 9.17) is 4.42 Å². The van der Waals surface area contributed by atoms with Crippen LogP contribution in [0.1, 0.15) is 96.3 Å². The number of nitrogens with zero attached hydrogens (tertiary/aromatic N) is 1. The summed E-state index contributed by atoms with van der Waals surface area (Å²) >= 11 is 0. The number of aromatic nitrogens is 1. The molecule has 0 amide bonds. The van der Waals surface area contributed by atoms with Crippen molar-refractivity contribution in [3.63, 3.8) is 0 Å². The maximum atomic E-state index is 5.76. The summed E-state index contributed by atoms with van der Waals surface area (Å²) in [5.74, 6) is 0.902. The Hall–Kier alpha value is -1.31. The molecule has 2 rings (SSSR count). The van der Waals surface area contributed by atoms with Gasteiger partial charge in [-0.15, -0.1) is 0 Å². The number of unbranched alkanes of at least 4 members (excludes halogenated alkanes) is 12. The SMILES string of the molecule is CCCCCCCCCCCCCCCc1nc2ccccc2o1. The van der Waals surface area contributed by atoms with Crippen LogP contribution in [0, 0.1) is 0 Å². The summed E-state index contributed by atoms with van der Waals surface area (Å²) in [7, 11) is 0. The van der Waals surface area contributed by atoms with Gasteiger partial charge in [0.15, 0.2) is 11.5 Å². The van der Waals surface area contributed by atoms with Crippen molar-refractivity contribution in [3.8, 4) is 0 Å². The van der Waals surface area contributed by atoms with Crippen LogP contribution in [0.15, 0.2) is 28.7 Å². The second-order valence-electron chi connectivity index (χ2n) is 7.07. The summed E-state index contributed by atoms with van der Waals surface area (Å²) in [5, 5.41) is 0. The summed E-state index contributed by atoms with van der Waals surface area (Å²) in [6, 6.07) is 8.03. The first kappa shape index (κ1) is 19.0. The van der Waals surface area contributed by atoms with Crippen LogP contribution in [0.25, 0.3) is 11.1 Å². The van der Waals surface area contributed by atoms with Gasteiger partial charge in [0.2, 0.25) is 0 Å². The zero-order chi connectivity index (χ0) is 16.9. The van der Waals surface area contributed by atoms with Crippen LogP contribution in [0.4, 0.5) is 0 Å². The van der Waals surface area contributed by atoms with Crippen molar-refractivity contribution in [1.29, 1.82) is 0 Å². The van der Waals surface area contributed by atoms with Crippen molar-refractivity contribution >= 4 is 11.1 Å². The Bertz CT molecular complexity index is 513. The van der Waals surface area contributed by atoms with Crippen molar-refractivity contribution in [1.82, 2.24) is 4.98 Å². The van der Waals surface area contributed by atoms with E-state index in [2.05, 4.69) is 11.9 Å². The normalized spacial score (nSPS) is 11.4. The second kappa shape index (κ2) is 12.1. The van der Waals surface area contributed by atoms with Gasteiger partial charge in [-0.3, -0.25) is 0 Å². The molecule has 0 aliphatic carbocycles. The van der Waals surface area contributed by atoms with Crippen LogP contribution in [0.2, 0.25) is 0 Å². The molecule has 0 aliphatic heterocycles. The number of para-hydroxylation sites is 2. The van der Waals surface area contributed by atoms with Crippen LogP contribution in [-0.2, 0) is 6.42 Å². The fraction of sp³-hybridized carbons (Fsp3) is 0.682. The molecule has 0 aliphatic rings. The highest BCUT2D eigenvalue weighted by Crippen LogP contribution is 2.17. The van der Waals surface area contributed by atoms with Crippen molar-refractivity contribution in [3.05, 3.63) is 30.2 Å². The molecule has 0 spiro atoms. The van der Waals surface area contributed by atoms with E-state index in [9.17, 15) is 0 Å². The van der Waals surface area contributed by atoms with Gasteiger partial charge in [-0.25, -0.2) is 4.98 Å². The van der Waals surface area contributed by atoms with Crippen molar-refractivity contribution in [2.24, 2.45) is 0 Å². The number of aryl methyl sites for hydroxylation is 1. The van der Waals surface area contributed by atoms with Crippen molar-refractivity contribution < 1.29 is 4.42 Å². The molecule has 1 aromatic heterocycles. The topological polar surface area (TPSA) is 26.0 Å². The average Bonchev–Trinajstić information content (AvgIpc) is 3.02. The van der Waals surface area contributed by atoms with E-state index < -0.39 is 0 Å². The van der Waals surface area contributed by atoms with E-state index in [1.165, 1.54) is 83.5 Å². The number of rotatable bonds is 14. The highest BCUT2D eigenvalue weighted by molar-refractivity contribution is 5.72. The minimum Gasteiger partial charge on any atom is -0.441 e. The number of benzene rings is 1. The quantitative estimate of drug-likeness (QED) is 0.336. The summed E-state index contributed by atoms with van der Waals surface area (Å²) in [6.07, 6.45) is 19.1. The van der Waals surface area contributed by atoms with Crippen molar-refractivity contribution in [2.75, 3.05) is 0 Å². The first-order chi connectivity index (χ1) is 11.9. The van der Waals surface area contributed by atoms with Crippen LogP contribution in [-0.4, -0.2) is 4.98 Å². The first-order valence-corrected chi connectivity index (χ1v) is 10.2. The molecule has 1 heterocycles. The van der Waals surface area contributed by atoms with Gasteiger partial charge in [0.25, 0.3) is 0 Å². The molecular formula is C22H35NO. The van der Waals surface area contributed by atoms with Gasteiger partial charge in [0.1, 0.15) is 5.52 Å². The van der Waals surface area contributed by atoms with E-state index in [-0.39, 0.29) is 0 Å². The number of oxazole rings is 1. The van der Waals surface area contributed by atoms with Gasteiger partial charge in [-0.05, 0) is 18.6 Å². The lowest BCUT2D eigenvalue weighted by atomic mass is 10.0. The fourth-order valence-electron chi connectivity index (χ4n) is 3.32. The smallest absolute Gasteiger partial charge is 0.195 e. The number of fused-ring (bicyclic) bond motifs is 1. The van der Waals surface area contributed by atoms with Crippen molar-refractivity contribution in [2.45, 2.75) is 96.8 Å². The molecule has 1 aromatic carbocycles. The zero-order valence-electron chi connectivity index (χ0n) is 15.6. The zero-order valence-corrected chi connectivity index (χ0v) is 15.6. The molecule has 2 heteroatoms. The Kier molecular flexibility index (Phi) is 9.60. The van der Waals surface area contributed by atoms with Crippen LogP contribution in [0.3, 0.4) is 0 Å². The molecule has 0 bridgehead atoms. The number of hydrogen-bond donors (Lipinski definition) is 0. The van der Waals surface area contributed by atoms with Gasteiger partial charge in [-0.1, -0.05) is 96.1 Å². The Balaban J connectivity index is 1.39. The third kappa shape index (κ3) is 7.51. The predicted molar refractivity (Wildman–Crippen MR) is 103 cm³/mol. The van der Waals surface area contributed by atoms with Gasteiger partial charge in [0.05, 0.1) is 0 Å². The summed E-state index contributed by atoms with van der Waals surface area (Å²) in [5.41, 5.74) is 1.91. The summed E-state index contributed by atoms with van der Waals surface area (Å²) < 4.78 is 5.76. The molecule has 24 heavy (non-hydrogen) atoms. The Morgan fingerprint density at radius 1 is 0.708 bits per heavy atom. The second-order valence-corrected chi connectivity index (χ2v) is 7.07. The lowest BCUT2D eigenvalue weighted by Gasteiger charge is -2.02. The molecule has 2 nitrogen and oxygen atoms in total. The van der Waals surface area contributed by atoms with E-state index in [0.717, 1.165) is 23.4 Å². The molecule has 0 saturated carbocycles. The maximum absolute atomic E-state index is 5.76. The maximum Gasteiger partial charge on any atom is 0.195 e. The Labute approximate surface area is 148 Å². The third-order valence-electron chi connectivity index (χ3n) is 4.83. The lowest BCUT2D eigenvalue weighted by molar-refractivity contribution is 0.500. The van der Waals surface area contributed by atoms with Crippen LogP contribution >= 0.6 is 0 Å².